The molecule has 0 aliphatic carbocycles. The van der Waals surface area contributed by atoms with Crippen LogP contribution in [0, 0.1) is 0 Å². The van der Waals surface area contributed by atoms with Gasteiger partial charge in [-0.05, 0) is 17.4 Å². The summed E-state index contributed by atoms with van der Waals surface area (Å²) in [5.74, 6) is -0.105. The monoisotopic (exact) mass is 148 g/mol. The van der Waals surface area contributed by atoms with Crippen molar-refractivity contribution in [3.63, 3.8) is 0 Å². The Morgan fingerprint density at radius 2 is 2.00 bits per heavy atom. The van der Waals surface area contributed by atoms with Gasteiger partial charge in [-0.3, -0.25) is 4.79 Å². The molecule has 0 aliphatic rings. The van der Waals surface area contributed by atoms with E-state index in [1.807, 2.05) is 6.92 Å². The Kier molecular flexibility index (Phi) is 9.80. The van der Waals surface area contributed by atoms with Gasteiger partial charge >= 0.3 is 5.97 Å². The zero-order chi connectivity index (χ0) is 6.41. The summed E-state index contributed by atoms with van der Waals surface area (Å²) in [4.78, 5) is 10.3. The van der Waals surface area contributed by atoms with Crippen LogP contribution in [-0.4, -0.2) is 23.5 Å². The molecule has 56 valence electrons. The van der Waals surface area contributed by atoms with Gasteiger partial charge in [0.05, 0.1) is 6.61 Å². The van der Waals surface area contributed by atoms with E-state index in [-0.39, 0.29) is 16.9 Å². The maximum absolute atomic E-state index is 10.3. The Morgan fingerprint density at radius 1 is 1.44 bits per heavy atom. The SMILES string of the molecule is CCCOC(=O)CC.[SiH4]. The van der Waals surface area contributed by atoms with E-state index in [0.29, 0.717) is 13.0 Å². The number of ether oxygens (including phenoxy) is 1. The van der Waals surface area contributed by atoms with Gasteiger partial charge in [0.15, 0.2) is 0 Å². The van der Waals surface area contributed by atoms with Crippen LogP contribution in [0.15, 0.2) is 0 Å². The quantitative estimate of drug-likeness (QED) is 0.412. The van der Waals surface area contributed by atoms with Crippen LogP contribution in [0.2, 0.25) is 0 Å². The lowest BCUT2D eigenvalue weighted by Gasteiger charge is -1.97. The van der Waals surface area contributed by atoms with Crippen molar-refractivity contribution >= 4 is 16.9 Å². The maximum atomic E-state index is 10.3. The zero-order valence-electron chi connectivity index (χ0n) is 5.44. The molecule has 0 aromatic heterocycles. The van der Waals surface area contributed by atoms with Crippen LogP contribution in [0.5, 0.6) is 0 Å². The van der Waals surface area contributed by atoms with E-state index in [1.165, 1.54) is 0 Å². The summed E-state index contributed by atoms with van der Waals surface area (Å²) in [6, 6.07) is 0. The van der Waals surface area contributed by atoms with Crippen molar-refractivity contribution in [1.82, 2.24) is 0 Å². The number of hydrogen-bond donors (Lipinski definition) is 0. The minimum absolute atomic E-state index is 0. The smallest absolute Gasteiger partial charge is 0.305 e. The van der Waals surface area contributed by atoms with E-state index in [4.69, 9.17) is 4.74 Å². The first-order valence-corrected chi connectivity index (χ1v) is 2.96. The molecule has 0 bridgehead atoms. The normalized spacial score (nSPS) is 7.78. The number of carbonyl (C=O) groups excluding carboxylic acids is 1. The first kappa shape index (κ1) is 11.5. The summed E-state index contributed by atoms with van der Waals surface area (Å²) in [5, 5.41) is 0. The lowest BCUT2D eigenvalue weighted by atomic mass is 10.5. The van der Waals surface area contributed by atoms with Crippen LogP contribution < -0.4 is 0 Å². The molecule has 0 spiro atoms. The molecule has 0 aromatic rings. The van der Waals surface area contributed by atoms with Crippen LogP contribution in [-0.2, 0) is 9.53 Å². The standard InChI is InChI=1S/C6H12O2.H4Si/c1-3-5-8-6(7)4-2;/h3-5H2,1-2H3;1H4. The van der Waals surface area contributed by atoms with Crippen molar-refractivity contribution in [1.29, 1.82) is 0 Å². The van der Waals surface area contributed by atoms with Crippen molar-refractivity contribution in [2.45, 2.75) is 26.7 Å². The molecule has 0 amide bonds. The summed E-state index contributed by atoms with van der Waals surface area (Å²) in [6.45, 7) is 4.33. The molecular formula is C6H16O2Si. The number of esters is 1. The summed E-state index contributed by atoms with van der Waals surface area (Å²) in [5.41, 5.74) is 0. The topological polar surface area (TPSA) is 26.3 Å². The molecule has 2 nitrogen and oxygen atoms in total. The third-order valence-corrected chi connectivity index (χ3v) is 0.756. The van der Waals surface area contributed by atoms with E-state index in [9.17, 15) is 4.79 Å². The van der Waals surface area contributed by atoms with Crippen molar-refractivity contribution in [2.24, 2.45) is 0 Å². The van der Waals surface area contributed by atoms with Crippen LogP contribution >= 0.6 is 0 Å². The highest BCUT2D eigenvalue weighted by atomic mass is 28.1. The highest BCUT2D eigenvalue weighted by Gasteiger charge is 1.93. The number of hydrogen-bond acceptors (Lipinski definition) is 2. The fourth-order valence-electron chi connectivity index (χ4n) is 0.318. The minimum atomic E-state index is -0.105. The lowest BCUT2D eigenvalue weighted by molar-refractivity contribution is -0.143. The summed E-state index contributed by atoms with van der Waals surface area (Å²) in [6.07, 6.45) is 1.39. The molecular weight excluding hydrogens is 132 g/mol. The largest absolute Gasteiger partial charge is 0.466 e. The first-order chi connectivity index (χ1) is 3.81. The predicted octanol–water partition coefficient (Wildman–Crippen LogP) is -0.102. The van der Waals surface area contributed by atoms with Crippen LogP contribution in [0.25, 0.3) is 0 Å². The second-order valence-electron chi connectivity index (χ2n) is 1.57. The summed E-state index contributed by atoms with van der Waals surface area (Å²) in [7, 11) is 0. The summed E-state index contributed by atoms with van der Waals surface area (Å²) >= 11 is 0. The van der Waals surface area contributed by atoms with Gasteiger partial charge in [-0.2, -0.15) is 0 Å². The van der Waals surface area contributed by atoms with Gasteiger partial charge in [-0.15, -0.1) is 0 Å². The molecule has 0 rings (SSSR count). The molecule has 9 heavy (non-hydrogen) atoms. The highest BCUT2D eigenvalue weighted by Crippen LogP contribution is 1.85. The van der Waals surface area contributed by atoms with Gasteiger partial charge in [-0.25, -0.2) is 0 Å². The molecule has 3 heteroatoms. The van der Waals surface area contributed by atoms with Crippen LogP contribution in [0.3, 0.4) is 0 Å². The Bertz CT molecular complexity index is 73.5. The number of rotatable bonds is 3. The molecule has 0 radical (unpaired) electrons. The third kappa shape index (κ3) is 7.69. The predicted molar refractivity (Wildman–Crippen MR) is 42.9 cm³/mol. The average molecular weight is 148 g/mol. The van der Waals surface area contributed by atoms with Gasteiger partial charge in [0, 0.05) is 6.42 Å². The van der Waals surface area contributed by atoms with E-state index in [2.05, 4.69) is 0 Å². The van der Waals surface area contributed by atoms with E-state index in [1.54, 1.807) is 6.92 Å². The molecule has 0 saturated heterocycles. The average Bonchev–Trinajstić information content (AvgIpc) is 1.83. The number of carbonyl (C=O) groups is 1. The van der Waals surface area contributed by atoms with E-state index >= 15 is 0 Å². The van der Waals surface area contributed by atoms with Crippen molar-refractivity contribution in [3.05, 3.63) is 0 Å². The minimum Gasteiger partial charge on any atom is -0.466 e. The highest BCUT2D eigenvalue weighted by molar-refractivity contribution is 5.75. The Labute approximate surface area is 60.6 Å². The summed E-state index contributed by atoms with van der Waals surface area (Å²) < 4.78 is 4.70. The third-order valence-electron chi connectivity index (χ3n) is 0.756. The second-order valence-corrected chi connectivity index (χ2v) is 1.57. The van der Waals surface area contributed by atoms with Crippen molar-refractivity contribution < 1.29 is 9.53 Å². The van der Waals surface area contributed by atoms with E-state index in [0.717, 1.165) is 6.42 Å². The fraction of sp³-hybridized carbons (Fsp3) is 0.833. The maximum Gasteiger partial charge on any atom is 0.305 e. The molecule has 0 N–H and O–H groups in total. The fourth-order valence-corrected chi connectivity index (χ4v) is 0.318. The first-order valence-electron chi connectivity index (χ1n) is 2.96. The van der Waals surface area contributed by atoms with Gasteiger partial charge in [0.1, 0.15) is 0 Å². The van der Waals surface area contributed by atoms with Crippen LogP contribution in [0.1, 0.15) is 26.7 Å². The molecule has 0 atom stereocenters. The van der Waals surface area contributed by atoms with Gasteiger partial charge in [0.25, 0.3) is 0 Å². The second kappa shape index (κ2) is 7.69. The molecule has 0 heterocycles. The molecule has 0 aliphatic heterocycles. The van der Waals surface area contributed by atoms with Crippen molar-refractivity contribution in [3.8, 4) is 0 Å². The molecule has 0 saturated carbocycles. The van der Waals surface area contributed by atoms with Crippen LogP contribution in [0.4, 0.5) is 0 Å². The van der Waals surface area contributed by atoms with Gasteiger partial charge in [-0.1, -0.05) is 13.8 Å². The van der Waals surface area contributed by atoms with Gasteiger partial charge < -0.3 is 4.74 Å². The van der Waals surface area contributed by atoms with E-state index < -0.39 is 0 Å². The lowest BCUT2D eigenvalue weighted by Crippen LogP contribution is -2.02. The molecule has 0 aromatic carbocycles. The molecule has 0 fully saturated rings. The van der Waals surface area contributed by atoms with Crippen molar-refractivity contribution in [2.75, 3.05) is 6.61 Å². The zero-order valence-corrected chi connectivity index (χ0v) is 5.44. The molecule has 0 unspecified atom stereocenters. The Morgan fingerprint density at radius 3 is 2.33 bits per heavy atom. The Balaban J connectivity index is 0. The van der Waals surface area contributed by atoms with Gasteiger partial charge in [0.2, 0.25) is 0 Å². The Hall–Kier alpha value is -0.313.